The second-order valence-electron chi connectivity index (χ2n) is 6.09. The van der Waals surface area contributed by atoms with Gasteiger partial charge < -0.3 is 15.0 Å². The van der Waals surface area contributed by atoms with E-state index in [1.807, 2.05) is 13.8 Å². The van der Waals surface area contributed by atoms with E-state index >= 15 is 0 Å². The highest BCUT2D eigenvalue weighted by Gasteiger charge is 2.33. The predicted octanol–water partition coefficient (Wildman–Crippen LogP) is 3.21. The zero-order valence-corrected chi connectivity index (χ0v) is 14.8. The molecule has 1 N–H and O–H groups in total. The molecule has 1 unspecified atom stereocenters. The van der Waals surface area contributed by atoms with E-state index in [2.05, 4.69) is 31.1 Å². The first-order chi connectivity index (χ1) is 10.00. The van der Waals surface area contributed by atoms with Crippen molar-refractivity contribution >= 4 is 5.97 Å². The third-order valence-corrected chi connectivity index (χ3v) is 3.85. The van der Waals surface area contributed by atoms with Crippen LogP contribution in [-0.2, 0) is 9.53 Å². The Balaban J connectivity index is 4.14. The average molecular weight is 300 g/mol. The Morgan fingerprint density at radius 3 is 2.33 bits per heavy atom. The molecular weight excluding hydrogens is 264 g/mol. The van der Waals surface area contributed by atoms with Crippen LogP contribution in [-0.4, -0.2) is 49.7 Å². The van der Waals surface area contributed by atoms with Crippen molar-refractivity contribution in [3.05, 3.63) is 0 Å². The molecule has 0 saturated heterocycles. The van der Waals surface area contributed by atoms with Crippen LogP contribution in [0, 0.1) is 0 Å². The molecule has 0 aliphatic carbocycles. The molecule has 0 fully saturated rings. The molecule has 0 radical (unpaired) electrons. The first-order valence-electron chi connectivity index (χ1n) is 8.61. The normalized spacial score (nSPS) is 14.2. The number of hydrogen-bond donors (Lipinski definition) is 1. The number of rotatable bonds is 13. The second kappa shape index (κ2) is 12.0. The van der Waals surface area contributed by atoms with E-state index in [9.17, 15) is 4.79 Å². The largest absolute Gasteiger partial charge is 0.465 e. The van der Waals surface area contributed by atoms with Gasteiger partial charge in [0.05, 0.1) is 6.61 Å². The molecule has 0 aliphatic heterocycles. The molecule has 0 spiro atoms. The number of carbonyl (C=O) groups excluding carboxylic acids is 1. The number of esters is 1. The van der Waals surface area contributed by atoms with E-state index in [4.69, 9.17) is 4.74 Å². The van der Waals surface area contributed by atoms with Crippen molar-refractivity contribution in [2.45, 2.75) is 71.8 Å². The second-order valence-corrected chi connectivity index (χ2v) is 6.09. The summed E-state index contributed by atoms with van der Waals surface area (Å²) < 4.78 is 5.22. The highest BCUT2D eigenvalue weighted by atomic mass is 16.5. The van der Waals surface area contributed by atoms with Crippen molar-refractivity contribution in [2.75, 3.05) is 33.3 Å². The van der Waals surface area contributed by atoms with Crippen molar-refractivity contribution in [3.8, 4) is 0 Å². The zero-order chi connectivity index (χ0) is 16.1. The minimum atomic E-state index is -0.534. The highest BCUT2D eigenvalue weighted by Crippen LogP contribution is 2.16. The van der Waals surface area contributed by atoms with Crippen molar-refractivity contribution in [2.24, 2.45) is 0 Å². The molecule has 0 amide bonds. The Morgan fingerprint density at radius 1 is 1.10 bits per heavy atom. The van der Waals surface area contributed by atoms with Crippen molar-refractivity contribution in [1.82, 2.24) is 10.2 Å². The van der Waals surface area contributed by atoms with Gasteiger partial charge in [0.25, 0.3) is 0 Å². The van der Waals surface area contributed by atoms with Gasteiger partial charge in [0.1, 0.15) is 5.54 Å². The standard InChI is InChI=1S/C17H36N2O2/c1-6-9-14-19(5)15-11-10-12-17(4,18-13-7-2)16(20)21-8-3/h18H,6-15H2,1-5H3. The summed E-state index contributed by atoms with van der Waals surface area (Å²) in [5, 5.41) is 3.36. The van der Waals surface area contributed by atoms with Gasteiger partial charge in [-0.2, -0.15) is 0 Å². The number of ether oxygens (including phenoxy) is 1. The third-order valence-electron chi connectivity index (χ3n) is 3.85. The van der Waals surface area contributed by atoms with E-state index in [1.54, 1.807) is 0 Å². The maximum Gasteiger partial charge on any atom is 0.326 e. The quantitative estimate of drug-likeness (QED) is 0.419. The molecule has 4 nitrogen and oxygen atoms in total. The van der Waals surface area contributed by atoms with Crippen LogP contribution < -0.4 is 5.32 Å². The van der Waals surface area contributed by atoms with Crippen LogP contribution in [0.5, 0.6) is 0 Å². The molecule has 0 aromatic heterocycles. The molecule has 0 bridgehead atoms. The van der Waals surface area contributed by atoms with Gasteiger partial charge in [-0.15, -0.1) is 0 Å². The minimum Gasteiger partial charge on any atom is -0.465 e. The molecule has 0 saturated carbocycles. The number of unbranched alkanes of at least 4 members (excludes halogenated alkanes) is 2. The Morgan fingerprint density at radius 2 is 1.76 bits per heavy atom. The third kappa shape index (κ3) is 9.10. The van der Waals surface area contributed by atoms with Crippen LogP contribution in [0.15, 0.2) is 0 Å². The Bertz CT molecular complexity index is 272. The van der Waals surface area contributed by atoms with Gasteiger partial charge in [0, 0.05) is 0 Å². The molecule has 21 heavy (non-hydrogen) atoms. The molecule has 4 heteroatoms. The SMILES string of the molecule is CCCCN(C)CCCCC(C)(NCCC)C(=O)OCC. The molecule has 126 valence electrons. The lowest BCUT2D eigenvalue weighted by atomic mass is 9.94. The van der Waals surface area contributed by atoms with E-state index in [-0.39, 0.29) is 5.97 Å². The highest BCUT2D eigenvalue weighted by molar-refractivity contribution is 5.80. The van der Waals surface area contributed by atoms with Crippen LogP contribution in [0.3, 0.4) is 0 Å². The summed E-state index contributed by atoms with van der Waals surface area (Å²) >= 11 is 0. The van der Waals surface area contributed by atoms with E-state index in [0.717, 1.165) is 38.8 Å². The topological polar surface area (TPSA) is 41.6 Å². The van der Waals surface area contributed by atoms with Gasteiger partial charge in [-0.3, -0.25) is 4.79 Å². The summed E-state index contributed by atoms with van der Waals surface area (Å²) in [5.41, 5.74) is -0.534. The van der Waals surface area contributed by atoms with Gasteiger partial charge in [-0.25, -0.2) is 0 Å². The van der Waals surface area contributed by atoms with Crippen LogP contribution in [0.25, 0.3) is 0 Å². The maximum atomic E-state index is 12.1. The van der Waals surface area contributed by atoms with Crippen LogP contribution in [0.1, 0.15) is 66.2 Å². The molecule has 0 heterocycles. The summed E-state index contributed by atoms with van der Waals surface area (Å²) in [6.45, 7) is 11.7. The van der Waals surface area contributed by atoms with Gasteiger partial charge in [-0.1, -0.05) is 20.3 Å². The van der Waals surface area contributed by atoms with Crippen LogP contribution in [0.2, 0.25) is 0 Å². The van der Waals surface area contributed by atoms with Gasteiger partial charge in [-0.05, 0) is 72.6 Å². The van der Waals surface area contributed by atoms with E-state index in [0.29, 0.717) is 6.61 Å². The fraction of sp³-hybridized carbons (Fsp3) is 0.941. The van der Waals surface area contributed by atoms with Crippen molar-refractivity contribution in [1.29, 1.82) is 0 Å². The van der Waals surface area contributed by atoms with Crippen LogP contribution in [0.4, 0.5) is 0 Å². The lowest BCUT2D eigenvalue weighted by Gasteiger charge is -2.29. The monoisotopic (exact) mass is 300 g/mol. The van der Waals surface area contributed by atoms with E-state index in [1.165, 1.54) is 19.4 Å². The van der Waals surface area contributed by atoms with Crippen molar-refractivity contribution < 1.29 is 9.53 Å². The molecule has 0 aliphatic rings. The first kappa shape index (κ1) is 20.4. The summed E-state index contributed by atoms with van der Waals surface area (Å²) in [5.74, 6) is -0.113. The van der Waals surface area contributed by atoms with Crippen LogP contribution >= 0.6 is 0 Å². The number of nitrogens with one attached hydrogen (secondary N) is 1. The first-order valence-corrected chi connectivity index (χ1v) is 8.61. The zero-order valence-electron chi connectivity index (χ0n) is 14.8. The summed E-state index contributed by atoms with van der Waals surface area (Å²) in [6.07, 6.45) is 6.54. The average Bonchev–Trinajstić information content (AvgIpc) is 2.47. The molecule has 0 aromatic rings. The minimum absolute atomic E-state index is 0.113. The lowest BCUT2D eigenvalue weighted by molar-refractivity contribution is -0.150. The number of nitrogens with zero attached hydrogens (tertiary/aromatic N) is 1. The summed E-state index contributed by atoms with van der Waals surface area (Å²) in [6, 6.07) is 0. The van der Waals surface area contributed by atoms with Gasteiger partial charge >= 0.3 is 5.97 Å². The van der Waals surface area contributed by atoms with Crippen molar-refractivity contribution in [3.63, 3.8) is 0 Å². The fourth-order valence-electron chi connectivity index (χ4n) is 2.35. The maximum absolute atomic E-state index is 12.1. The fourth-order valence-corrected chi connectivity index (χ4v) is 2.35. The number of carbonyl (C=O) groups is 1. The smallest absolute Gasteiger partial charge is 0.326 e. The summed E-state index contributed by atoms with van der Waals surface area (Å²) in [4.78, 5) is 14.5. The van der Waals surface area contributed by atoms with Gasteiger partial charge in [0.2, 0.25) is 0 Å². The Labute approximate surface area is 131 Å². The van der Waals surface area contributed by atoms with E-state index < -0.39 is 5.54 Å². The molecule has 0 aromatic carbocycles. The van der Waals surface area contributed by atoms with Gasteiger partial charge in [0.15, 0.2) is 0 Å². The Hall–Kier alpha value is -0.610. The number of hydrogen-bond acceptors (Lipinski definition) is 4. The predicted molar refractivity (Wildman–Crippen MR) is 89.6 cm³/mol. The molecule has 0 rings (SSSR count). The molecular formula is C17H36N2O2. The Kier molecular flexibility index (Phi) is 11.6. The lowest BCUT2D eigenvalue weighted by Crippen LogP contribution is -2.50. The molecule has 1 atom stereocenters. The summed E-state index contributed by atoms with van der Waals surface area (Å²) in [7, 11) is 2.18.